The number of rotatable bonds is 4. The molecular weight excluding hydrogens is 354 g/mol. The van der Waals surface area contributed by atoms with E-state index in [1.807, 2.05) is 67.5 Å². The molecule has 0 unspecified atom stereocenters. The van der Waals surface area contributed by atoms with Gasteiger partial charge in [-0.3, -0.25) is 0 Å². The van der Waals surface area contributed by atoms with Crippen LogP contribution in [0, 0.1) is 0 Å². The standard InChI is InChI=1S/C15H17NO2Te/c1-16(2)12-4-8-14(9-5-12)19(17)15-10-6-13(18-3)7-11-15/h4-11H,1-3H3. The second kappa shape index (κ2) is 6.18. The number of benzene rings is 2. The summed E-state index contributed by atoms with van der Waals surface area (Å²) in [5, 5.41) is 0. The average molecular weight is 371 g/mol. The predicted octanol–water partition coefficient (Wildman–Crippen LogP) is 1.30. The van der Waals surface area contributed by atoms with E-state index in [1.54, 1.807) is 7.11 Å². The maximum atomic E-state index is 12.5. The van der Waals surface area contributed by atoms with E-state index in [-0.39, 0.29) is 0 Å². The predicted molar refractivity (Wildman–Crippen MR) is 79.5 cm³/mol. The molecule has 0 saturated heterocycles. The van der Waals surface area contributed by atoms with Crippen LogP contribution in [-0.2, 0) is 3.10 Å². The molecule has 0 radical (unpaired) electrons. The topological polar surface area (TPSA) is 29.5 Å². The van der Waals surface area contributed by atoms with Gasteiger partial charge in [0, 0.05) is 0 Å². The van der Waals surface area contributed by atoms with Crippen molar-refractivity contribution >= 4 is 32.4 Å². The number of anilines is 1. The van der Waals surface area contributed by atoms with E-state index in [1.165, 1.54) is 0 Å². The van der Waals surface area contributed by atoms with Gasteiger partial charge in [-0.2, -0.15) is 0 Å². The van der Waals surface area contributed by atoms with Crippen LogP contribution in [0.3, 0.4) is 0 Å². The van der Waals surface area contributed by atoms with Crippen LogP contribution in [0.5, 0.6) is 5.75 Å². The van der Waals surface area contributed by atoms with Gasteiger partial charge in [0.15, 0.2) is 0 Å². The van der Waals surface area contributed by atoms with Crippen molar-refractivity contribution in [1.29, 1.82) is 0 Å². The van der Waals surface area contributed by atoms with Crippen LogP contribution in [0.2, 0.25) is 0 Å². The Hall–Kier alpha value is -1.37. The molecule has 0 spiro atoms. The first kappa shape index (κ1) is 14.0. The molecule has 0 amide bonds. The van der Waals surface area contributed by atoms with Gasteiger partial charge >= 0.3 is 121 Å². The van der Waals surface area contributed by atoms with Crippen LogP contribution in [0.1, 0.15) is 0 Å². The number of nitrogens with zero attached hydrogens (tertiary/aromatic N) is 1. The minimum absolute atomic E-state index is 0.790. The van der Waals surface area contributed by atoms with E-state index < -0.39 is 19.5 Å². The van der Waals surface area contributed by atoms with Gasteiger partial charge in [0.05, 0.1) is 0 Å². The zero-order chi connectivity index (χ0) is 13.8. The van der Waals surface area contributed by atoms with E-state index in [0.717, 1.165) is 18.7 Å². The van der Waals surface area contributed by atoms with Crippen LogP contribution in [0.4, 0.5) is 5.69 Å². The molecule has 0 aliphatic carbocycles. The zero-order valence-electron chi connectivity index (χ0n) is 11.3. The number of methoxy groups -OCH3 is 1. The zero-order valence-corrected chi connectivity index (χ0v) is 13.6. The Morgan fingerprint density at radius 2 is 1.37 bits per heavy atom. The van der Waals surface area contributed by atoms with Gasteiger partial charge in [-0.25, -0.2) is 0 Å². The Morgan fingerprint density at radius 1 is 0.895 bits per heavy atom. The molecule has 0 N–H and O–H groups in total. The summed E-state index contributed by atoms with van der Waals surface area (Å²) >= 11 is -2.66. The first-order valence-electron chi connectivity index (χ1n) is 5.95. The summed E-state index contributed by atoms with van der Waals surface area (Å²) in [7, 11) is 5.62. The molecule has 2 aromatic carbocycles. The van der Waals surface area contributed by atoms with Crippen LogP contribution < -0.4 is 16.9 Å². The quantitative estimate of drug-likeness (QED) is 0.760. The van der Waals surface area contributed by atoms with Crippen molar-refractivity contribution in [3.05, 3.63) is 48.5 Å². The van der Waals surface area contributed by atoms with Crippen molar-refractivity contribution in [3.8, 4) is 5.75 Å². The summed E-state index contributed by atoms with van der Waals surface area (Å²) in [6.07, 6.45) is 0. The molecule has 0 aliphatic rings. The number of hydrogen-bond acceptors (Lipinski definition) is 3. The molecule has 2 rings (SSSR count). The molecule has 0 atom stereocenters. The molecular formula is C15H17NO2Te. The Morgan fingerprint density at radius 3 is 1.79 bits per heavy atom. The molecule has 0 saturated carbocycles. The second-order valence-electron chi connectivity index (χ2n) is 4.33. The summed E-state index contributed by atoms with van der Waals surface area (Å²) in [5.41, 5.74) is 1.12. The number of ether oxygens (including phenoxy) is 1. The van der Waals surface area contributed by atoms with E-state index in [2.05, 4.69) is 0 Å². The summed E-state index contributed by atoms with van der Waals surface area (Å²) in [4.78, 5) is 2.03. The summed E-state index contributed by atoms with van der Waals surface area (Å²) < 4.78 is 19.5. The maximum absolute atomic E-state index is 12.5. The van der Waals surface area contributed by atoms with Crippen LogP contribution in [0.15, 0.2) is 48.5 Å². The van der Waals surface area contributed by atoms with E-state index in [9.17, 15) is 3.10 Å². The van der Waals surface area contributed by atoms with Crippen molar-refractivity contribution in [3.63, 3.8) is 0 Å². The Labute approximate surface area is 120 Å². The third kappa shape index (κ3) is 3.34. The molecule has 3 nitrogen and oxygen atoms in total. The molecule has 2 aromatic rings. The van der Waals surface area contributed by atoms with Gasteiger partial charge in [0.1, 0.15) is 0 Å². The third-order valence-electron chi connectivity index (χ3n) is 2.84. The van der Waals surface area contributed by atoms with E-state index >= 15 is 0 Å². The first-order valence-corrected chi connectivity index (χ1v) is 9.23. The van der Waals surface area contributed by atoms with Gasteiger partial charge in [-0.15, -0.1) is 0 Å². The van der Waals surface area contributed by atoms with Gasteiger partial charge < -0.3 is 0 Å². The number of hydrogen-bond donors (Lipinski definition) is 0. The fraction of sp³-hybridized carbons (Fsp3) is 0.200. The third-order valence-corrected chi connectivity index (χ3v) is 6.84. The fourth-order valence-electron chi connectivity index (χ4n) is 1.70. The van der Waals surface area contributed by atoms with Crippen molar-refractivity contribution in [1.82, 2.24) is 0 Å². The summed E-state index contributed by atoms with van der Waals surface area (Å²) in [6.45, 7) is 0. The van der Waals surface area contributed by atoms with Crippen LogP contribution >= 0.6 is 0 Å². The Balaban J connectivity index is 2.22. The van der Waals surface area contributed by atoms with Crippen molar-refractivity contribution in [2.24, 2.45) is 0 Å². The van der Waals surface area contributed by atoms with Crippen molar-refractivity contribution in [2.75, 3.05) is 26.1 Å². The van der Waals surface area contributed by atoms with Crippen molar-refractivity contribution < 1.29 is 7.84 Å². The average Bonchev–Trinajstić information content (AvgIpc) is 2.46. The van der Waals surface area contributed by atoms with Crippen molar-refractivity contribution in [2.45, 2.75) is 0 Å². The first-order chi connectivity index (χ1) is 9.11. The molecule has 0 aromatic heterocycles. The summed E-state index contributed by atoms with van der Waals surface area (Å²) in [5.74, 6) is 0.790. The summed E-state index contributed by atoms with van der Waals surface area (Å²) in [6, 6.07) is 15.4. The Bertz CT molecular complexity index is 562. The van der Waals surface area contributed by atoms with Gasteiger partial charge in [-0.1, -0.05) is 0 Å². The molecule has 0 bridgehead atoms. The van der Waals surface area contributed by atoms with Gasteiger partial charge in [-0.05, 0) is 0 Å². The Kier molecular flexibility index (Phi) is 4.57. The molecule has 100 valence electrons. The minimum atomic E-state index is -2.66. The SMILES string of the molecule is COc1ccc([Te](=O)c2ccc(N(C)C)cc2)cc1. The van der Waals surface area contributed by atoms with Crippen LogP contribution in [-0.4, -0.2) is 40.7 Å². The van der Waals surface area contributed by atoms with E-state index in [4.69, 9.17) is 4.74 Å². The van der Waals surface area contributed by atoms with E-state index in [0.29, 0.717) is 0 Å². The second-order valence-corrected chi connectivity index (χ2v) is 8.56. The van der Waals surface area contributed by atoms with Gasteiger partial charge in [0.2, 0.25) is 0 Å². The molecule has 0 fully saturated rings. The fourth-order valence-corrected chi connectivity index (χ4v) is 4.67. The molecule has 0 heterocycles. The van der Waals surface area contributed by atoms with Crippen LogP contribution in [0.25, 0.3) is 0 Å². The molecule has 4 heteroatoms. The molecule has 0 aliphatic heterocycles. The normalized spacial score (nSPS) is 10.5. The monoisotopic (exact) mass is 373 g/mol. The van der Waals surface area contributed by atoms with Gasteiger partial charge in [0.25, 0.3) is 0 Å². The molecule has 19 heavy (non-hydrogen) atoms.